The van der Waals surface area contributed by atoms with Crippen LogP contribution in [0.2, 0.25) is 5.02 Å². The van der Waals surface area contributed by atoms with E-state index in [4.69, 9.17) is 16.0 Å². The van der Waals surface area contributed by atoms with E-state index in [-0.39, 0.29) is 11.7 Å². The number of likely N-dealkylation sites (N-methyl/N-ethyl adjacent to an activating group) is 1. The number of nitrogens with zero attached hydrogens (tertiary/aromatic N) is 1. The zero-order valence-corrected chi connectivity index (χ0v) is 13.8. The first-order valence-electron chi connectivity index (χ1n) is 7.39. The minimum absolute atomic E-state index is 0.160. The van der Waals surface area contributed by atoms with Gasteiger partial charge >= 0.3 is 0 Å². The molecule has 2 rings (SSSR count). The minimum Gasteiger partial charge on any atom is -0.459 e. The fourth-order valence-corrected chi connectivity index (χ4v) is 2.43. The van der Waals surface area contributed by atoms with Crippen LogP contribution in [0.25, 0.3) is 0 Å². The van der Waals surface area contributed by atoms with Crippen molar-refractivity contribution in [1.82, 2.24) is 10.2 Å². The molecule has 0 saturated carbocycles. The van der Waals surface area contributed by atoms with Gasteiger partial charge in [-0.3, -0.25) is 9.59 Å². The smallest absolute Gasteiger partial charge is 0.287 e. The van der Waals surface area contributed by atoms with E-state index >= 15 is 0 Å². The van der Waals surface area contributed by atoms with Gasteiger partial charge in [0.15, 0.2) is 5.76 Å². The number of hydrogen-bond donors (Lipinski definition) is 1. The van der Waals surface area contributed by atoms with Crippen molar-refractivity contribution < 1.29 is 14.0 Å². The summed E-state index contributed by atoms with van der Waals surface area (Å²) in [5.74, 6) is -0.385. The number of furan rings is 1. The quantitative estimate of drug-likeness (QED) is 0.883. The van der Waals surface area contributed by atoms with Crippen molar-refractivity contribution in [3.63, 3.8) is 0 Å². The summed E-state index contributed by atoms with van der Waals surface area (Å²) in [7, 11) is 0. The van der Waals surface area contributed by atoms with Crippen LogP contribution in [-0.4, -0.2) is 29.3 Å². The van der Waals surface area contributed by atoms with E-state index in [1.807, 2.05) is 25.1 Å². The number of amides is 2. The lowest BCUT2D eigenvalue weighted by Gasteiger charge is -2.25. The van der Waals surface area contributed by atoms with Gasteiger partial charge in [0.2, 0.25) is 5.91 Å². The molecule has 1 atom stereocenters. The highest BCUT2D eigenvalue weighted by atomic mass is 35.5. The fraction of sp³-hybridized carbons (Fsp3) is 0.294. The van der Waals surface area contributed by atoms with Gasteiger partial charge in [-0.2, -0.15) is 0 Å². The Hall–Kier alpha value is -2.27. The number of carbonyl (C=O) groups excluding carboxylic acids is 2. The molecule has 0 spiro atoms. The Kier molecular flexibility index (Phi) is 5.82. The molecule has 1 aromatic carbocycles. The van der Waals surface area contributed by atoms with Gasteiger partial charge in [0.05, 0.1) is 6.26 Å². The van der Waals surface area contributed by atoms with Crippen molar-refractivity contribution in [2.75, 3.05) is 6.54 Å². The third-order valence-electron chi connectivity index (χ3n) is 3.42. The second kappa shape index (κ2) is 7.83. The highest BCUT2D eigenvalue weighted by Gasteiger charge is 2.22. The van der Waals surface area contributed by atoms with E-state index in [1.165, 1.54) is 6.26 Å². The van der Waals surface area contributed by atoms with E-state index in [1.54, 1.807) is 30.0 Å². The van der Waals surface area contributed by atoms with E-state index in [9.17, 15) is 9.59 Å². The first-order valence-corrected chi connectivity index (χ1v) is 7.76. The van der Waals surface area contributed by atoms with Crippen molar-refractivity contribution in [3.8, 4) is 0 Å². The Bertz CT molecular complexity index is 670. The molecule has 2 aromatic rings. The largest absolute Gasteiger partial charge is 0.459 e. The molecule has 0 aliphatic heterocycles. The van der Waals surface area contributed by atoms with Crippen LogP contribution in [0.5, 0.6) is 0 Å². The summed E-state index contributed by atoms with van der Waals surface area (Å²) in [4.78, 5) is 26.1. The van der Waals surface area contributed by atoms with Gasteiger partial charge in [0.25, 0.3) is 5.91 Å². The normalized spacial score (nSPS) is 11.8. The number of hydrogen-bond acceptors (Lipinski definition) is 3. The summed E-state index contributed by atoms with van der Waals surface area (Å²) in [5.41, 5.74) is 0.942. The molecule has 0 aliphatic rings. The molecule has 1 N–H and O–H groups in total. The molecule has 0 fully saturated rings. The van der Waals surface area contributed by atoms with Crippen molar-refractivity contribution in [2.24, 2.45) is 0 Å². The lowest BCUT2D eigenvalue weighted by molar-refractivity contribution is -0.133. The lowest BCUT2D eigenvalue weighted by atomic mass is 10.2. The third-order valence-corrected chi connectivity index (χ3v) is 3.65. The molecule has 6 heteroatoms. The summed E-state index contributed by atoms with van der Waals surface area (Å²) in [6, 6.07) is 9.90. The molecule has 0 radical (unpaired) electrons. The van der Waals surface area contributed by atoms with E-state index < -0.39 is 11.9 Å². The second-order valence-corrected chi connectivity index (χ2v) is 5.59. The zero-order valence-electron chi connectivity index (χ0n) is 13.1. The Morgan fingerprint density at radius 1 is 1.30 bits per heavy atom. The Labute approximate surface area is 140 Å². The topological polar surface area (TPSA) is 62.6 Å². The fourth-order valence-electron chi connectivity index (χ4n) is 2.21. The third kappa shape index (κ3) is 4.60. The number of benzene rings is 1. The van der Waals surface area contributed by atoms with Crippen LogP contribution in [0.3, 0.4) is 0 Å². The van der Waals surface area contributed by atoms with Crippen LogP contribution in [0.4, 0.5) is 0 Å². The van der Waals surface area contributed by atoms with Crippen LogP contribution in [0.1, 0.15) is 30.0 Å². The van der Waals surface area contributed by atoms with Gasteiger partial charge in [0, 0.05) is 18.1 Å². The van der Waals surface area contributed by atoms with Crippen molar-refractivity contribution >= 4 is 23.4 Å². The molecular formula is C17H19ClN2O3. The maximum absolute atomic E-state index is 12.5. The van der Waals surface area contributed by atoms with Crippen LogP contribution in [0.15, 0.2) is 47.1 Å². The van der Waals surface area contributed by atoms with Gasteiger partial charge < -0.3 is 14.6 Å². The summed E-state index contributed by atoms with van der Waals surface area (Å²) in [6.45, 7) is 4.52. The molecule has 23 heavy (non-hydrogen) atoms. The second-order valence-electron chi connectivity index (χ2n) is 5.15. The molecule has 0 bridgehead atoms. The summed E-state index contributed by atoms with van der Waals surface area (Å²) >= 11 is 5.97. The summed E-state index contributed by atoms with van der Waals surface area (Å²) in [5, 5.41) is 3.27. The van der Waals surface area contributed by atoms with Crippen molar-refractivity contribution in [2.45, 2.75) is 26.4 Å². The molecule has 0 saturated heterocycles. The Morgan fingerprint density at radius 3 is 2.70 bits per heavy atom. The number of carbonyl (C=O) groups is 2. The SMILES string of the molecule is CCN(Cc1cccc(Cl)c1)C(=O)C(C)NC(=O)c1ccco1. The minimum atomic E-state index is -0.647. The molecule has 1 unspecified atom stereocenters. The van der Waals surface area contributed by atoms with Gasteiger partial charge in [-0.1, -0.05) is 23.7 Å². The van der Waals surface area contributed by atoms with Crippen molar-refractivity contribution in [3.05, 3.63) is 59.0 Å². The predicted molar refractivity (Wildman–Crippen MR) is 88.2 cm³/mol. The van der Waals surface area contributed by atoms with Gasteiger partial charge in [-0.15, -0.1) is 0 Å². The van der Waals surface area contributed by atoms with Crippen LogP contribution < -0.4 is 5.32 Å². The molecule has 5 nitrogen and oxygen atoms in total. The first kappa shape index (κ1) is 17.1. The molecule has 0 aliphatic carbocycles. The molecule has 122 valence electrons. The molecule has 2 amide bonds. The summed E-state index contributed by atoms with van der Waals surface area (Å²) in [6.07, 6.45) is 1.42. The average Bonchev–Trinajstić information content (AvgIpc) is 3.06. The predicted octanol–water partition coefficient (Wildman–Crippen LogP) is 3.10. The molecular weight excluding hydrogens is 316 g/mol. The van der Waals surface area contributed by atoms with E-state index in [0.29, 0.717) is 18.1 Å². The van der Waals surface area contributed by atoms with Crippen LogP contribution in [0, 0.1) is 0 Å². The number of nitrogens with one attached hydrogen (secondary N) is 1. The Balaban J connectivity index is 1.99. The maximum Gasteiger partial charge on any atom is 0.287 e. The zero-order chi connectivity index (χ0) is 16.8. The average molecular weight is 335 g/mol. The van der Waals surface area contributed by atoms with Gasteiger partial charge in [0.1, 0.15) is 6.04 Å². The van der Waals surface area contributed by atoms with Crippen LogP contribution in [-0.2, 0) is 11.3 Å². The van der Waals surface area contributed by atoms with Gasteiger partial charge in [-0.25, -0.2) is 0 Å². The highest BCUT2D eigenvalue weighted by molar-refractivity contribution is 6.30. The Morgan fingerprint density at radius 2 is 2.09 bits per heavy atom. The number of rotatable bonds is 6. The van der Waals surface area contributed by atoms with Gasteiger partial charge in [-0.05, 0) is 43.7 Å². The highest BCUT2D eigenvalue weighted by Crippen LogP contribution is 2.13. The van der Waals surface area contributed by atoms with Crippen molar-refractivity contribution in [1.29, 1.82) is 0 Å². The molecule has 1 aromatic heterocycles. The van der Waals surface area contributed by atoms with E-state index in [0.717, 1.165) is 5.56 Å². The lowest BCUT2D eigenvalue weighted by Crippen LogP contribution is -2.46. The van der Waals surface area contributed by atoms with E-state index in [2.05, 4.69) is 5.32 Å². The molecule has 1 heterocycles. The maximum atomic E-state index is 12.5. The summed E-state index contributed by atoms with van der Waals surface area (Å²) < 4.78 is 5.02. The number of halogens is 1. The first-order chi connectivity index (χ1) is 11.0. The van der Waals surface area contributed by atoms with Crippen LogP contribution >= 0.6 is 11.6 Å². The standard InChI is InChI=1S/C17H19ClN2O3/c1-3-20(11-13-6-4-7-14(18)10-13)17(22)12(2)19-16(21)15-8-5-9-23-15/h4-10,12H,3,11H2,1-2H3,(H,19,21). The monoisotopic (exact) mass is 334 g/mol.